The summed E-state index contributed by atoms with van der Waals surface area (Å²) < 4.78 is 0. The lowest BCUT2D eigenvalue weighted by Crippen LogP contribution is -2.64. The zero-order chi connectivity index (χ0) is 21.9. The van der Waals surface area contributed by atoms with Crippen molar-refractivity contribution >= 4 is 23.6 Å². The Morgan fingerprint density at radius 1 is 0.935 bits per heavy atom. The lowest BCUT2D eigenvalue weighted by molar-refractivity contribution is -0.137. The van der Waals surface area contributed by atoms with Gasteiger partial charge in [0.1, 0.15) is 0 Å². The Hall–Kier alpha value is -3.35. The van der Waals surface area contributed by atoms with Crippen LogP contribution in [0.1, 0.15) is 22.3 Å². The largest absolute Gasteiger partial charge is 0.328 e. The molecule has 2 saturated heterocycles. The minimum atomic E-state index is -0.488. The van der Waals surface area contributed by atoms with E-state index in [4.69, 9.17) is 4.99 Å². The van der Waals surface area contributed by atoms with Crippen LogP contribution in [0.4, 0.5) is 10.5 Å². The maximum Gasteiger partial charge on any atom is 0.328 e. The van der Waals surface area contributed by atoms with Crippen molar-refractivity contribution in [3.05, 3.63) is 64.7 Å². The first-order valence-corrected chi connectivity index (χ1v) is 10.7. The van der Waals surface area contributed by atoms with Crippen molar-refractivity contribution < 1.29 is 9.59 Å². The van der Waals surface area contributed by atoms with E-state index in [1.165, 1.54) is 16.0 Å². The number of rotatable bonds is 3. The normalized spacial score (nSPS) is 22.8. The second-order valence-corrected chi connectivity index (χ2v) is 8.78. The van der Waals surface area contributed by atoms with Gasteiger partial charge in [-0.3, -0.25) is 9.69 Å². The van der Waals surface area contributed by atoms with Gasteiger partial charge in [0, 0.05) is 25.8 Å². The van der Waals surface area contributed by atoms with Gasteiger partial charge in [-0.1, -0.05) is 35.9 Å². The highest BCUT2D eigenvalue weighted by Crippen LogP contribution is 2.34. The van der Waals surface area contributed by atoms with Crippen molar-refractivity contribution in [2.75, 3.05) is 25.0 Å². The van der Waals surface area contributed by atoms with Crippen molar-refractivity contribution in [3.63, 3.8) is 0 Å². The minimum absolute atomic E-state index is 0.172. The average Bonchev–Trinajstić information content (AvgIpc) is 3.29. The summed E-state index contributed by atoms with van der Waals surface area (Å²) in [5.41, 5.74) is 5.55. The molecule has 0 N–H and O–H groups in total. The Labute approximate surface area is 182 Å². The summed E-state index contributed by atoms with van der Waals surface area (Å²) in [6.45, 7) is 7.94. The van der Waals surface area contributed by atoms with E-state index in [-0.39, 0.29) is 18.5 Å². The standard InChI is InChI=1S/C24H27N5O2/c1-15-5-7-18(8-6-15)14-29-22(30)20-21(26(4)24(29)31)25-23-27(9-10-28(20)23)19-12-16(2)11-17(3)13-19/h5-8,11-13,20-21H,9-10,14H2,1-4H3. The molecule has 3 aliphatic heterocycles. The Bertz CT molecular complexity index is 1070. The van der Waals surface area contributed by atoms with Crippen LogP contribution < -0.4 is 4.90 Å². The fourth-order valence-electron chi connectivity index (χ4n) is 4.81. The van der Waals surface area contributed by atoms with Gasteiger partial charge in [0.25, 0.3) is 5.91 Å². The molecular formula is C24H27N5O2. The molecule has 7 heteroatoms. The monoisotopic (exact) mass is 417 g/mol. The van der Waals surface area contributed by atoms with Gasteiger partial charge in [-0.05, 0) is 49.6 Å². The maximum absolute atomic E-state index is 13.5. The van der Waals surface area contributed by atoms with Crippen LogP contribution in [0, 0.1) is 20.8 Å². The third kappa shape index (κ3) is 3.15. The number of hydrogen-bond donors (Lipinski definition) is 0. The highest BCUT2D eigenvalue weighted by atomic mass is 16.2. The first kappa shape index (κ1) is 19.6. The molecule has 0 radical (unpaired) electrons. The van der Waals surface area contributed by atoms with Crippen molar-refractivity contribution in [3.8, 4) is 0 Å². The summed E-state index contributed by atoms with van der Waals surface area (Å²) >= 11 is 0. The first-order valence-electron chi connectivity index (χ1n) is 10.7. The third-order valence-corrected chi connectivity index (χ3v) is 6.36. The van der Waals surface area contributed by atoms with Gasteiger partial charge in [0.15, 0.2) is 12.2 Å². The SMILES string of the molecule is Cc1ccc(CN2C(=O)C3C(N=C4N(c5cc(C)cc(C)c5)CCN43)N(C)C2=O)cc1. The average molecular weight is 418 g/mol. The zero-order valence-corrected chi connectivity index (χ0v) is 18.4. The second kappa shape index (κ2) is 7.11. The van der Waals surface area contributed by atoms with Crippen LogP contribution in [0.15, 0.2) is 47.5 Å². The first-order chi connectivity index (χ1) is 14.8. The van der Waals surface area contributed by atoms with Crippen LogP contribution >= 0.6 is 0 Å². The van der Waals surface area contributed by atoms with Crippen LogP contribution in [0.2, 0.25) is 0 Å². The summed E-state index contributed by atoms with van der Waals surface area (Å²) in [7, 11) is 1.74. The van der Waals surface area contributed by atoms with E-state index in [0.29, 0.717) is 6.54 Å². The molecule has 0 saturated carbocycles. The second-order valence-electron chi connectivity index (χ2n) is 8.78. The lowest BCUT2D eigenvalue weighted by Gasteiger charge is -2.40. The highest BCUT2D eigenvalue weighted by molar-refractivity contribution is 6.08. The Morgan fingerprint density at radius 2 is 1.61 bits per heavy atom. The number of likely N-dealkylation sites (N-methyl/N-ethyl adjacent to an activating group) is 1. The molecule has 31 heavy (non-hydrogen) atoms. The van der Waals surface area contributed by atoms with E-state index in [9.17, 15) is 9.59 Å². The fourth-order valence-corrected chi connectivity index (χ4v) is 4.81. The van der Waals surface area contributed by atoms with E-state index in [1.54, 1.807) is 11.9 Å². The van der Waals surface area contributed by atoms with Gasteiger partial charge in [-0.15, -0.1) is 0 Å². The topological polar surface area (TPSA) is 59.5 Å². The van der Waals surface area contributed by atoms with Gasteiger partial charge < -0.3 is 14.7 Å². The quantitative estimate of drug-likeness (QED) is 0.771. The number of aliphatic imine (C=N–C) groups is 1. The molecule has 0 spiro atoms. The van der Waals surface area contributed by atoms with Gasteiger partial charge in [-0.2, -0.15) is 0 Å². The molecule has 3 heterocycles. The molecule has 3 amide bonds. The molecule has 0 aromatic heterocycles. The molecule has 2 aromatic rings. The number of urea groups is 1. The molecule has 5 rings (SSSR count). The van der Waals surface area contributed by atoms with Crippen molar-refractivity contribution in [1.29, 1.82) is 0 Å². The Morgan fingerprint density at radius 3 is 2.29 bits per heavy atom. The summed E-state index contributed by atoms with van der Waals surface area (Å²) in [5, 5.41) is 0. The number of benzene rings is 2. The number of fused-ring (bicyclic) bond motifs is 3. The molecule has 0 aliphatic carbocycles. The summed E-state index contributed by atoms with van der Waals surface area (Å²) in [5.74, 6) is 0.611. The van der Waals surface area contributed by atoms with Crippen LogP contribution in [0.25, 0.3) is 0 Å². The molecular weight excluding hydrogens is 390 g/mol. The summed E-state index contributed by atoms with van der Waals surface area (Å²) in [6, 6.07) is 13.6. The van der Waals surface area contributed by atoms with Crippen LogP contribution in [-0.4, -0.2) is 64.9 Å². The van der Waals surface area contributed by atoms with Crippen molar-refractivity contribution in [2.45, 2.75) is 39.5 Å². The molecule has 3 aliphatic rings. The summed E-state index contributed by atoms with van der Waals surface area (Å²) in [6.07, 6.45) is -0.488. The van der Waals surface area contributed by atoms with E-state index in [2.05, 4.69) is 41.8 Å². The molecule has 7 nitrogen and oxygen atoms in total. The fraction of sp³-hybridized carbons (Fsp3) is 0.375. The molecule has 2 atom stereocenters. The molecule has 160 valence electrons. The highest BCUT2D eigenvalue weighted by Gasteiger charge is 2.54. The zero-order valence-electron chi connectivity index (χ0n) is 18.4. The number of carbonyl (C=O) groups is 2. The number of aryl methyl sites for hydroxylation is 3. The van der Waals surface area contributed by atoms with Crippen LogP contribution in [-0.2, 0) is 11.3 Å². The number of anilines is 1. The van der Waals surface area contributed by atoms with Crippen LogP contribution in [0.3, 0.4) is 0 Å². The number of nitrogens with zero attached hydrogens (tertiary/aromatic N) is 5. The van der Waals surface area contributed by atoms with Gasteiger partial charge in [-0.25, -0.2) is 9.79 Å². The molecule has 2 unspecified atom stereocenters. The van der Waals surface area contributed by atoms with E-state index in [1.807, 2.05) is 31.2 Å². The van der Waals surface area contributed by atoms with Gasteiger partial charge in [0.05, 0.1) is 6.54 Å². The third-order valence-electron chi connectivity index (χ3n) is 6.36. The molecule has 2 fully saturated rings. The smallest absolute Gasteiger partial charge is 0.325 e. The number of carbonyl (C=O) groups excluding carboxylic acids is 2. The van der Waals surface area contributed by atoms with E-state index >= 15 is 0 Å². The number of imide groups is 1. The van der Waals surface area contributed by atoms with Crippen molar-refractivity contribution in [1.82, 2.24) is 14.7 Å². The Kier molecular flexibility index (Phi) is 4.50. The molecule has 0 bridgehead atoms. The van der Waals surface area contributed by atoms with Crippen molar-refractivity contribution in [2.24, 2.45) is 4.99 Å². The summed E-state index contributed by atoms with van der Waals surface area (Å²) in [4.78, 5) is 38.6. The van der Waals surface area contributed by atoms with Gasteiger partial charge in [0.2, 0.25) is 5.96 Å². The lowest BCUT2D eigenvalue weighted by atomic mass is 10.1. The molecule has 2 aromatic carbocycles. The Balaban J connectivity index is 1.44. The van der Waals surface area contributed by atoms with E-state index in [0.717, 1.165) is 29.3 Å². The number of hydrogen-bond acceptors (Lipinski definition) is 5. The van der Waals surface area contributed by atoms with Crippen LogP contribution in [0.5, 0.6) is 0 Å². The number of amides is 3. The predicted molar refractivity (Wildman–Crippen MR) is 120 cm³/mol. The van der Waals surface area contributed by atoms with E-state index < -0.39 is 12.2 Å². The predicted octanol–water partition coefficient (Wildman–Crippen LogP) is 2.89. The number of guanidine groups is 1. The maximum atomic E-state index is 13.5. The minimum Gasteiger partial charge on any atom is -0.325 e. The van der Waals surface area contributed by atoms with Gasteiger partial charge >= 0.3 is 6.03 Å².